The lowest BCUT2D eigenvalue weighted by Crippen LogP contribution is -2.39. The highest BCUT2D eigenvalue weighted by atomic mass is 16.3. The lowest BCUT2D eigenvalue weighted by Gasteiger charge is -2.26. The molecule has 0 aliphatic carbocycles. The van der Waals surface area contributed by atoms with E-state index >= 15 is 0 Å². The van der Waals surface area contributed by atoms with Gasteiger partial charge in [0.05, 0.1) is 0 Å². The molecule has 0 aliphatic rings. The van der Waals surface area contributed by atoms with Gasteiger partial charge in [-0.1, -0.05) is 27.7 Å². The normalized spacial score (nSPS) is 15.2. The van der Waals surface area contributed by atoms with E-state index in [4.69, 9.17) is 5.11 Å². The molecular weight excluding hydrogens is 150 g/mol. The number of hydrogen-bond donors (Lipinski definition) is 2. The molecule has 2 N–H and O–H groups in total. The Labute approximate surface area is 76.4 Å². The van der Waals surface area contributed by atoms with Gasteiger partial charge in [-0.25, -0.2) is 0 Å². The lowest BCUT2D eigenvalue weighted by atomic mass is 9.94. The second kappa shape index (κ2) is 4.83. The van der Waals surface area contributed by atoms with Crippen molar-refractivity contribution < 1.29 is 5.11 Å². The quantitative estimate of drug-likeness (QED) is 0.662. The summed E-state index contributed by atoms with van der Waals surface area (Å²) in [6, 6.07) is 0.524. The Morgan fingerprint density at radius 1 is 1.25 bits per heavy atom. The molecule has 0 aliphatic heterocycles. The molecule has 1 unspecified atom stereocenters. The van der Waals surface area contributed by atoms with Crippen LogP contribution in [0.25, 0.3) is 0 Å². The highest BCUT2D eigenvalue weighted by molar-refractivity contribution is 4.73. The van der Waals surface area contributed by atoms with Gasteiger partial charge in [0.15, 0.2) is 0 Å². The van der Waals surface area contributed by atoms with Gasteiger partial charge in [-0.15, -0.1) is 0 Å². The van der Waals surface area contributed by atoms with Crippen molar-refractivity contribution in [2.24, 2.45) is 11.3 Å². The first kappa shape index (κ1) is 11.9. The van der Waals surface area contributed by atoms with Gasteiger partial charge in [-0.05, 0) is 12.8 Å². The van der Waals surface area contributed by atoms with E-state index in [0.29, 0.717) is 12.0 Å². The van der Waals surface area contributed by atoms with Gasteiger partial charge in [-0.2, -0.15) is 0 Å². The van der Waals surface area contributed by atoms with Gasteiger partial charge in [0.25, 0.3) is 0 Å². The molecule has 0 amide bonds. The molecule has 12 heavy (non-hydrogen) atoms. The van der Waals surface area contributed by atoms with Crippen LogP contribution in [0.5, 0.6) is 0 Å². The lowest BCUT2D eigenvalue weighted by molar-refractivity contribution is 0.151. The molecule has 1 atom stereocenters. The number of rotatable bonds is 5. The molecule has 0 aromatic heterocycles. The van der Waals surface area contributed by atoms with Crippen LogP contribution >= 0.6 is 0 Å². The van der Waals surface area contributed by atoms with E-state index in [0.717, 1.165) is 6.54 Å². The molecule has 0 fully saturated rings. The summed E-state index contributed by atoms with van der Waals surface area (Å²) in [5.41, 5.74) is 0.00312. The molecule has 0 bridgehead atoms. The predicted molar refractivity (Wildman–Crippen MR) is 53.2 cm³/mol. The van der Waals surface area contributed by atoms with Crippen LogP contribution in [0, 0.1) is 11.3 Å². The summed E-state index contributed by atoms with van der Waals surface area (Å²) in [6.45, 7) is 11.8. The first-order valence-corrected chi connectivity index (χ1v) is 4.73. The molecule has 0 radical (unpaired) electrons. The minimum atomic E-state index is 0.00312. The number of aliphatic hydroxyl groups excluding tert-OH is 1. The fourth-order valence-electron chi connectivity index (χ4n) is 0.729. The van der Waals surface area contributed by atoms with Gasteiger partial charge in [0, 0.05) is 24.6 Å². The number of aliphatic hydroxyl groups is 1. The van der Waals surface area contributed by atoms with Crippen molar-refractivity contribution in [2.45, 2.75) is 40.7 Å². The SMILES string of the molecule is CC(C)C(C)NCC(C)(C)CO. The van der Waals surface area contributed by atoms with Crippen molar-refractivity contribution in [3.8, 4) is 0 Å². The molecule has 0 aromatic rings. The monoisotopic (exact) mass is 173 g/mol. The summed E-state index contributed by atoms with van der Waals surface area (Å²) >= 11 is 0. The van der Waals surface area contributed by atoms with E-state index < -0.39 is 0 Å². The first-order chi connectivity index (χ1) is 5.39. The third kappa shape index (κ3) is 4.73. The van der Waals surface area contributed by atoms with Crippen LogP contribution < -0.4 is 5.32 Å². The second-order valence-corrected chi connectivity index (χ2v) is 4.74. The van der Waals surface area contributed by atoms with E-state index in [1.165, 1.54) is 0 Å². The maximum absolute atomic E-state index is 9.01. The Morgan fingerprint density at radius 2 is 1.75 bits per heavy atom. The van der Waals surface area contributed by atoms with Crippen LogP contribution in [0.2, 0.25) is 0 Å². The van der Waals surface area contributed by atoms with Crippen LogP contribution in [-0.2, 0) is 0 Å². The molecule has 0 rings (SSSR count). The van der Waals surface area contributed by atoms with Gasteiger partial charge >= 0.3 is 0 Å². The predicted octanol–water partition coefficient (Wildman–Crippen LogP) is 1.64. The first-order valence-electron chi connectivity index (χ1n) is 4.73. The highest BCUT2D eigenvalue weighted by Gasteiger charge is 2.17. The zero-order valence-electron chi connectivity index (χ0n) is 9.02. The number of nitrogens with one attached hydrogen (secondary N) is 1. The highest BCUT2D eigenvalue weighted by Crippen LogP contribution is 2.12. The second-order valence-electron chi connectivity index (χ2n) is 4.74. The third-order valence-corrected chi connectivity index (χ3v) is 2.33. The summed E-state index contributed by atoms with van der Waals surface area (Å²) < 4.78 is 0. The summed E-state index contributed by atoms with van der Waals surface area (Å²) in [6.07, 6.45) is 0. The minimum absolute atomic E-state index is 0.00312. The molecule has 2 heteroatoms. The van der Waals surface area contributed by atoms with E-state index in [2.05, 4.69) is 39.9 Å². The van der Waals surface area contributed by atoms with Crippen LogP contribution in [0.15, 0.2) is 0 Å². The third-order valence-electron chi connectivity index (χ3n) is 2.33. The van der Waals surface area contributed by atoms with Crippen molar-refractivity contribution >= 4 is 0 Å². The maximum atomic E-state index is 9.01. The minimum Gasteiger partial charge on any atom is -0.396 e. The van der Waals surface area contributed by atoms with Gasteiger partial charge < -0.3 is 10.4 Å². The fourth-order valence-corrected chi connectivity index (χ4v) is 0.729. The summed E-state index contributed by atoms with van der Waals surface area (Å²) in [5.74, 6) is 0.652. The van der Waals surface area contributed by atoms with Gasteiger partial charge in [0.2, 0.25) is 0 Å². The Hall–Kier alpha value is -0.0800. The van der Waals surface area contributed by atoms with Crippen molar-refractivity contribution in [3.63, 3.8) is 0 Å². The largest absolute Gasteiger partial charge is 0.396 e. The molecule has 0 heterocycles. The maximum Gasteiger partial charge on any atom is 0.0494 e. The molecular formula is C10H23NO. The average molecular weight is 173 g/mol. The van der Waals surface area contributed by atoms with E-state index in [9.17, 15) is 0 Å². The molecule has 0 spiro atoms. The van der Waals surface area contributed by atoms with Crippen molar-refractivity contribution in [1.29, 1.82) is 0 Å². The summed E-state index contributed by atoms with van der Waals surface area (Å²) in [4.78, 5) is 0. The standard InChI is InChI=1S/C10H23NO/c1-8(2)9(3)11-6-10(4,5)7-12/h8-9,11-12H,6-7H2,1-5H3. The van der Waals surface area contributed by atoms with Gasteiger partial charge in [-0.3, -0.25) is 0 Å². The fraction of sp³-hybridized carbons (Fsp3) is 1.00. The average Bonchev–Trinajstić information content (AvgIpc) is 2.00. The molecule has 0 saturated carbocycles. The zero-order chi connectivity index (χ0) is 9.78. The van der Waals surface area contributed by atoms with Crippen LogP contribution in [-0.4, -0.2) is 24.3 Å². The molecule has 2 nitrogen and oxygen atoms in total. The van der Waals surface area contributed by atoms with Crippen molar-refractivity contribution in [2.75, 3.05) is 13.2 Å². The van der Waals surface area contributed by atoms with E-state index in [-0.39, 0.29) is 12.0 Å². The van der Waals surface area contributed by atoms with Crippen LogP contribution in [0.1, 0.15) is 34.6 Å². The summed E-state index contributed by atoms with van der Waals surface area (Å²) in [5, 5.41) is 12.4. The van der Waals surface area contributed by atoms with E-state index in [1.807, 2.05) is 0 Å². The Morgan fingerprint density at radius 3 is 2.08 bits per heavy atom. The molecule has 0 saturated heterocycles. The van der Waals surface area contributed by atoms with Crippen molar-refractivity contribution in [1.82, 2.24) is 5.32 Å². The van der Waals surface area contributed by atoms with Crippen LogP contribution in [0.4, 0.5) is 0 Å². The Bertz CT molecular complexity index is 121. The Balaban J connectivity index is 3.67. The topological polar surface area (TPSA) is 32.3 Å². The number of hydrogen-bond acceptors (Lipinski definition) is 2. The zero-order valence-corrected chi connectivity index (χ0v) is 9.02. The summed E-state index contributed by atoms with van der Waals surface area (Å²) in [7, 11) is 0. The molecule has 74 valence electrons. The Kier molecular flexibility index (Phi) is 4.80. The van der Waals surface area contributed by atoms with Crippen LogP contribution in [0.3, 0.4) is 0 Å². The van der Waals surface area contributed by atoms with Crippen molar-refractivity contribution in [3.05, 3.63) is 0 Å². The smallest absolute Gasteiger partial charge is 0.0494 e. The van der Waals surface area contributed by atoms with Gasteiger partial charge in [0.1, 0.15) is 0 Å². The molecule has 0 aromatic carbocycles. The van der Waals surface area contributed by atoms with E-state index in [1.54, 1.807) is 0 Å².